The average molecular weight is 223 g/mol. The fraction of sp³-hybridized carbons (Fsp3) is 0.875. The van der Waals surface area contributed by atoms with Gasteiger partial charge in [0, 0.05) is 11.9 Å². The second-order valence-corrected chi connectivity index (χ2v) is 3.11. The normalized spacial score (nSPS) is 12.9. The minimum absolute atomic E-state index is 0.181. The van der Waals surface area contributed by atoms with E-state index in [0.717, 1.165) is 30.9 Å². The van der Waals surface area contributed by atoms with Crippen LogP contribution in [0.3, 0.4) is 0 Å². The first-order valence-electron chi connectivity index (χ1n) is 3.98. The molecule has 0 radical (unpaired) electrons. The first kappa shape index (κ1) is 11.1. The lowest BCUT2D eigenvalue weighted by molar-refractivity contribution is -0.118. The van der Waals surface area contributed by atoms with Gasteiger partial charge in [-0.3, -0.25) is 0 Å². The molecule has 0 bridgehead atoms. The van der Waals surface area contributed by atoms with E-state index in [2.05, 4.69) is 15.9 Å². The zero-order chi connectivity index (χ0) is 8.53. The summed E-state index contributed by atoms with van der Waals surface area (Å²) in [5.74, 6) is 0. The molecule has 11 heavy (non-hydrogen) atoms. The highest BCUT2D eigenvalue weighted by Gasteiger charge is 2.04. The number of alkyl halides is 1. The third kappa shape index (κ3) is 6.51. The van der Waals surface area contributed by atoms with E-state index in [1.54, 1.807) is 0 Å². The maximum absolute atomic E-state index is 10.4. The smallest absolute Gasteiger partial charge is 0.148 e. The Hall–Kier alpha value is 0.110. The van der Waals surface area contributed by atoms with Gasteiger partial charge in [0.05, 0.1) is 0 Å². The van der Waals surface area contributed by atoms with Gasteiger partial charge in [0.2, 0.25) is 0 Å². The highest BCUT2D eigenvalue weighted by atomic mass is 79.9. The highest BCUT2D eigenvalue weighted by molar-refractivity contribution is 9.09. The summed E-state index contributed by atoms with van der Waals surface area (Å²) >= 11 is 3.33. The lowest BCUT2D eigenvalue weighted by Crippen LogP contribution is -2.14. The molecule has 0 saturated heterocycles. The summed E-state index contributed by atoms with van der Waals surface area (Å²) in [6, 6.07) is 0. The van der Waals surface area contributed by atoms with E-state index >= 15 is 0 Å². The van der Waals surface area contributed by atoms with Crippen LogP contribution in [0.4, 0.5) is 0 Å². The van der Waals surface area contributed by atoms with E-state index in [1.807, 2.05) is 6.92 Å². The van der Waals surface area contributed by atoms with E-state index in [9.17, 15) is 4.79 Å². The summed E-state index contributed by atoms with van der Waals surface area (Å²) < 4.78 is 5.15. The van der Waals surface area contributed by atoms with Crippen LogP contribution in [-0.2, 0) is 9.53 Å². The third-order valence-corrected chi connectivity index (χ3v) is 1.97. The first-order chi connectivity index (χ1) is 5.35. The van der Waals surface area contributed by atoms with Crippen LogP contribution in [0.2, 0.25) is 0 Å². The molecule has 0 aliphatic heterocycles. The van der Waals surface area contributed by atoms with Gasteiger partial charge >= 0.3 is 0 Å². The summed E-state index contributed by atoms with van der Waals surface area (Å²) in [4.78, 5) is 10.4. The van der Waals surface area contributed by atoms with Crippen molar-refractivity contribution in [1.29, 1.82) is 0 Å². The van der Waals surface area contributed by atoms with Crippen LogP contribution in [-0.4, -0.2) is 24.3 Å². The van der Waals surface area contributed by atoms with Crippen molar-refractivity contribution in [3.05, 3.63) is 0 Å². The molecular formula is C8H15BrO2. The average Bonchev–Trinajstić information content (AvgIpc) is 2.03. The Bertz CT molecular complexity index is 96.1. The highest BCUT2D eigenvalue weighted by Crippen LogP contribution is 2.04. The minimum Gasteiger partial charge on any atom is -0.371 e. The van der Waals surface area contributed by atoms with Gasteiger partial charge in [-0.25, -0.2) is 0 Å². The van der Waals surface area contributed by atoms with Crippen LogP contribution in [0.15, 0.2) is 0 Å². The van der Waals surface area contributed by atoms with Gasteiger partial charge in [-0.15, -0.1) is 0 Å². The molecule has 0 heterocycles. The molecule has 0 aromatic rings. The van der Waals surface area contributed by atoms with Crippen molar-refractivity contribution >= 4 is 22.2 Å². The molecule has 1 unspecified atom stereocenters. The van der Waals surface area contributed by atoms with Crippen molar-refractivity contribution in [2.45, 2.75) is 32.3 Å². The molecule has 0 amide bonds. The molecule has 0 aromatic carbocycles. The largest absolute Gasteiger partial charge is 0.371 e. The predicted octanol–water partition coefficient (Wildman–Crippen LogP) is 2.16. The number of ether oxygens (including phenoxy) is 1. The Labute approximate surface area is 76.4 Å². The zero-order valence-electron chi connectivity index (χ0n) is 6.88. The van der Waals surface area contributed by atoms with Crippen LogP contribution in [0, 0.1) is 0 Å². The topological polar surface area (TPSA) is 26.3 Å². The molecule has 0 fully saturated rings. The number of halogens is 1. The van der Waals surface area contributed by atoms with Crippen LogP contribution >= 0.6 is 15.9 Å². The maximum atomic E-state index is 10.4. The van der Waals surface area contributed by atoms with E-state index in [0.29, 0.717) is 6.61 Å². The molecule has 0 saturated carbocycles. The van der Waals surface area contributed by atoms with Crippen molar-refractivity contribution in [2.24, 2.45) is 0 Å². The Kier molecular flexibility index (Phi) is 8.29. The van der Waals surface area contributed by atoms with Crippen molar-refractivity contribution in [2.75, 3.05) is 11.9 Å². The number of aldehydes is 1. The molecule has 2 nitrogen and oxygen atoms in total. The Balaban J connectivity index is 3.28. The fourth-order valence-electron chi connectivity index (χ4n) is 0.845. The lowest BCUT2D eigenvalue weighted by atomic mass is 10.2. The molecule has 0 aliphatic rings. The predicted molar refractivity (Wildman–Crippen MR) is 49.1 cm³/mol. The van der Waals surface area contributed by atoms with Crippen LogP contribution in [0.5, 0.6) is 0 Å². The Morgan fingerprint density at radius 2 is 2.27 bits per heavy atom. The van der Waals surface area contributed by atoms with Crippen LogP contribution < -0.4 is 0 Å². The second-order valence-electron chi connectivity index (χ2n) is 2.31. The van der Waals surface area contributed by atoms with Crippen molar-refractivity contribution in [3.63, 3.8) is 0 Å². The zero-order valence-corrected chi connectivity index (χ0v) is 8.47. The molecule has 0 rings (SSSR count). The molecule has 3 heteroatoms. The fourth-order valence-corrected chi connectivity index (χ4v) is 1.24. The third-order valence-electron chi connectivity index (χ3n) is 1.40. The first-order valence-corrected chi connectivity index (χ1v) is 5.10. The second kappa shape index (κ2) is 8.21. The molecule has 0 N–H and O–H groups in total. The molecular weight excluding hydrogens is 208 g/mol. The van der Waals surface area contributed by atoms with E-state index in [4.69, 9.17) is 4.74 Å². The van der Waals surface area contributed by atoms with Gasteiger partial charge in [-0.05, 0) is 26.2 Å². The van der Waals surface area contributed by atoms with Crippen LogP contribution in [0.25, 0.3) is 0 Å². The van der Waals surface area contributed by atoms with Crippen molar-refractivity contribution < 1.29 is 9.53 Å². The van der Waals surface area contributed by atoms with Gasteiger partial charge in [0.15, 0.2) is 0 Å². The standard InChI is InChI=1S/C8H15BrO2/c1-2-11-8(7-10)5-3-4-6-9/h7-8H,2-6H2,1H3. The van der Waals surface area contributed by atoms with Gasteiger partial charge in [0.25, 0.3) is 0 Å². The van der Waals surface area contributed by atoms with Crippen LogP contribution in [0.1, 0.15) is 26.2 Å². The number of carbonyl (C=O) groups excluding carboxylic acids is 1. The molecule has 0 spiro atoms. The SMILES string of the molecule is CCOC(C=O)CCCCBr. The van der Waals surface area contributed by atoms with Crippen molar-refractivity contribution in [3.8, 4) is 0 Å². The molecule has 0 aliphatic carbocycles. The summed E-state index contributed by atoms with van der Waals surface area (Å²) in [6.07, 6.45) is 3.71. The van der Waals surface area contributed by atoms with E-state index in [-0.39, 0.29) is 6.10 Å². The number of carbonyl (C=O) groups is 1. The number of hydrogen-bond donors (Lipinski definition) is 0. The Morgan fingerprint density at radius 3 is 2.73 bits per heavy atom. The number of hydrogen-bond acceptors (Lipinski definition) is 2. The molecule has 0 aromatic heterocycles. The quantitative estimate of drug-likeness (QED) is 0.375. The van der Waals surface area contributed by atoms with Crippen molar-refractivity contribution in [1.82, 2.24) is 0 Å². The van der Waals surface area contributed by atoms with Gasteiger partial charge in [0.1, 0.15) is 12.4 Å². The molecule has 1 atom stereocenters. The number of unbranched alkanes of at least 4 members (excludes halogenated alkanes) is 1. The minimum atomic E-state index is -0.181. The molecule has 66 valence electrons. The maximum Gasteiger partial charge on any atom is 0.148 e. The summed E-state index contributed by atoms with van der Waals surface area (Å²) in [7, 11) is 0. The van der Waals surface area contributed by atoms with Gasteiger partial charge in [-0.1, -0.05) is 15.9 Å². The van der Waals surface area contributed by atoms with Gasteiger partial charge < -0.3 is 9.53 Å². The summed E-state index contributed by atoms with van der Waals surface area (Å²) in [5, 5.41) is 1.00. The van der Waals surface area contributed by atoms with E-state index in [1.165, 1.54) is 0 Å². The monoisotopic (exact) mass is 222 g/mol. The number of rotatable bonds is 7. The lowest BCUT2D eigenvalue weighted by Gasteiger charge is -2.08. The Morgan fingerprint density at radius 1 is 1.55 bits per heavy atom. The summed E-state index contributed by atoms with van der Waals surface area (Å²) in [5.41, 5.74) is 0. The summed E-state index contributed by atoms with van der Waals surface area (Å²) in [6.45, 7) is 2.53. The van der Waals surface area contributed by atoms with Gasteiger partial charge in [-0.2, -0.15) is 0 Å². The van der Waals surface area contributed by atoms with E-state index < -0.39 is 0 Å².